The van der Waals surface area contributed by atoms with E-state index in [1.165, 1.54) is 11.3 Å². The van der Waals surface area contributed by atoms with Gasteiger partial charge >= 0.3 is 0 Å². The van der Waals surface area contributed by atoms with E-state index in [4.69, 9.17) is 4.52 Å². The molecule has 0 saturated heterocycles. The Kier molecular flexibility index (Phi) is 4.48. The lowest BCUT2D eigenvalue weighted by molar-refractivity contribution is 0.0956. The largest absolute Gasteiger partial charge is 0.349 e. The normalized spacial score (nSPS) is 10.8. The molecule has 130 valence electrons. The summed E-state index contributed by atoms with van der Waals surface area (Å²) in [6, 6.07) is 7.26. The summed E-state index contributed by atoms with van der Waals surface area (Å²) in [5.41, 5.74) is 1.23. The molecule has 0 aliphatic carbocycles. The molecule has 4 aromatic heterocycles. The molecule has 0 radical (unpaired) electrons. The van der Waals surface area contributed by atoms with Gasteiger partial charge in [-0.25, -0.2) is 4.68 Å². The molecule has 0 saturated carbocycles. The summed E-state index contributed by atoms with van der Waals surface area (Å²) >= 11 is 1.40. The summed E-state index contributed by atoms with van der Waals surface area (Å²) in [6.45, 7) is 0.915. The molecule has 26 heavy (non-hydrogen) atoms. The third-order valence-corrected chi connectivity index (χ3v) is 4.34. The number of aromatic nitrogens is 6. The van der Waals surface area contributed by atoms with E-state index in [9.17, 15) is 4.79 Å². The van der Waals surface area contributed by atoms with Crippen LogP contribution >= 0.6 is 11.3 Å². The number of nitrogens with zero attached hydrogens (tertiary/aromatic N) is 6. The monoisotopic (exact) mass is 367 g/mol. The van der Waals surface area contributed by atoms with Crippen molar-refractivity contribution in [3.8, 4) is 23.0 Å². The molecule has 10 heteroatoms. The first-order valence-electron chi connectivity index (χ1n) is 7.76. The van der Waals surface area contributed by atoms with Crippen LogP contribution in [0.4, 0.5) is 0 Å². The average molecular weight is 367 g/mol. The predicted octanol–water partition coefficient (Wildman–Crippen LogP) is 1.88. The highest BCUT2D eigenvalue weighted by Crippen LogP contribution is 2.19. The van der Waals surface area contributed by atoms with Crippen molar-refractivity contribution in [2.45, 2.75) is 6.54 Å². The van der Waals surface area contributed by atoms with Crippen LogP contribution < -0.4 is 5.32 Å². The Hall–Kier alpha value is -3.40. The Labute approximate surface area is 151 Å². The third kappa shape index (κ3) is 3.49. The van der Waals surface area contributed by atoms with Crippen LogP contribution in [0.5, 0.6) is 0 Å². The number of nitrogens with one attached hydrogen (secondary N) is 1. The molecule has 4 rings (SSSR count). The zero-order valence-corrected chi connectivity index (χ0v) is 14.3. The summed E-state index contributed by atoms with van der Waals surface area (Å²) in [6.07, 6.45) is 5.02. The first-order chi connectivity index (χ1) is 12.8. The van der Waals surface area contributed by atoms with Crippen LogP contribution in [0, 0.1) is 0 Å². The Balaban J connectivity index is 1.37. The van der Waals surface area contributed by atoms with E-state index in [-0.39, 0.29) is 11.8 Å². The van der Waals surface area contributed by atoms with E-state index in [1.54, 1.807) is 35.4 Å². The van der Waals surface area contributed by atoms with Crippen molar-refractivity contribution in [1.82, 2.24) is 35.4 Å². The molecule has 0 bridgehead atoms. The summed E-state index contributed by atoms with van der Waals surface area (Å²) in [4.78, 5) is 20.9. The molecular formula is C16H13N7O2S. The molecular weight excluding hydrogens is 354 g/mol. The van der Waals surface area contributed by atoms with E-state index < -0.39 is 0 Å². The number of carbonyl (C=O) groups excluding carboxylic acids is 1. The van der Waals surface area contributed by atoms with Crippen molar-refractivity contribution in [2.75, 3.05) is 6.54 Å². The second kappa shape index (κ2) is 7.23. The summed E-state index contributed by atoms with van der Waals surface area (Å²) in [5.74, 6) is 0.613. The Morgan fingerprint density at radius 1 is 1.31 bits per heavy atom. The number of hydrogen-bond acceptors (Lipinski definition) is 8. The maximum absolute atomic E-state index is 11.9. The molecule has 0 spiro atoms. The zero-order chi connectivity index (χ0) is 17.8. The fraction of sp³-hybridized carbons (Fsp3) is 0.125. The first-order valence-corrected chi connectivity index (χ1v) is 8.64. The van der Waals surface area contributed by atoms with Gasteiger partial charge in [-0.2, -0.15) is 4.98 Å². The lowest BCUT2D eigenvalue weighted by Crippen LogP contribution is -2.26. The third-order valence-electron chi connectivity index (χ3n) is 3.47. The standard InChI is InChI=1S/C16H13N7O2S/c24-15(13-4-2-8-26-13)18-6-7-23-10-12(20-22-23)16-19-14(21-25-16)11-3-1-5-17-9-11/h1-5,8-10H,6-7H2,(H,18,24). The van der Waals surface area contributed by atoms with Gasteiger partial charge in [0.2, 0.25) is 5.82 Å². The van der Waals surface area contributed by atoms with Gasteiger partial charge in [-0.05, 0) is 23.6 Å². The number of hydrogen-bond donors (Lipinski definition) is 1. The van der Waals surface area contributed by atoms with Crippen LogP contribution in [-0.2, 0) is 6.54 Å². The Bertz CT molecular complexity index is 995. The first kappa shape index (κ1) is 16.1. The van der Waals surface area contributed by atoms with Crippen molar-refractivity contribution in [2.24, 2.45) is 0 Å². The molecule has 0 fully saturated rings. The van der Waals surface area contributed by atoms with Gasteiger partial charge in [0.05, 0.1) is 17.6 Å². The van der Waals surface area contributed by atoms with Crippen LogP contribution in [0.2, 0.25) is 0 Å². The lowest BCUT2D eigenvalue weighted by atomic mass is 10.3. The molecule has 0 atom stereocenters. The van der Waals surface area contributed by atoms with E-state index in [0.29, 0.717) is 29.5 Å². The van der Waals surface area contributed by atoms with Crippen molar-refractivity contribution in [1.29, 1.82) is 0 Å². The highest BCUT2D eigenvalue weighted by atomic mass is 32.1. The smallest absolute Gasteiger partial charge is 0.280 e. The van der Waals surface area contributed by atoms with Crippen LogP contribution in [0.15, 0.2) is 52.8 Å². The van der Waals surface area contributed by atoms with E-state index in [0.717, 1.165) is 5.56 Å². The number of pyridine rings is 1. The fourth-order valence-corrected chi connectivity index (χ4v) is 2.86. The average Bonchev–Trinajstić information content (AvgIpc) is 3.42. The SMILES string of the molecule is O=C(NCCn1cc(-c2nc(-c3cccnc3)no2)nn1)c1cccs1. The van der Waals surface area contributed by atoms with Gasteiger partial charge in [0.15, 0.2) is 5.69 Å². The highest BCUT2D eigenvalue weighted by Gasteiger charge is 2.14. The highest BCUT2D eigenvalue weighted by molar-refractivity contribution is 7.12. The van der Waals surface area contributed by atoms with Gasteiger partial charge in [-0.3, -0.25) is 9.78 Å². The van der Waals surface area contributed by atoms with E-state index in [1.807, 2.05) is 17.5 Å². The van der Waals surface area contributed by atoms with Gasteiger partial charge in [-0.15, -0.1) is 16.4 Å². The van der Waals surface area contributed by atoms with Crippen LogP contribution in [-0.4, -0.2) is 42.6 Å². The van der Waals surface area contributed by atoms with Gasteiger partial charge in [-0.1, -0.05) is 16.4 Å². The fourth-order valence-electron chi connectivity index (χ4n) is 2.22. The molecule has 0 unspecified atom stereocenters. The number of carbonyl (C=O) groups is 1. The summed E-state index contributed by atoms with van der Waals surface area (Å²) < 4.78 is 6.85. The van der Waals surface area contributed by atoms with Crippen LogP contribution in [0.3, 0.4) is 0 Å². The van der Waals surface area contributed by atoms with Gasteiger partial charge in [0, 0.05) is 24.5 Å². The second-order valence-electron chi connectivity index (χ2n) is 5.26. The van der Waals surface area contributed by atoms with E-state index >= 15 is 0 Å². The Morgan fingerprint density at radius 3 is 3.08 bits per heavy atom. The minimum Gasteiger partial charge on any atom is -0.349 e. The van der Waals surface area contributed by atoms with E-state index in [2.05, 4.69) is 30.8 Å². The summed E-state index contributed by atoms with van der Waals surface area (Å²) in [7, 11) is 0. The van der Waals surface area contributed by atoms with Crippen molar-refractivity contribution >= 4 is 17.2 Å². The minimum absolute atomic E-state index is 0.0987. The van der Waals surface area contributed by atoms with Gasteiger partial charge in [0.25, 0.3) is 11.8 Å². The maximum Gasteiger partial charge on any atom is 0.280 e. The van der Waals surface area contributed by atoms with Crippen LogP contribution in [0.25, 0.3) is 23.0 Å². The molecule has 0 aliphatic heterocycles. The van der Waals surface area contributed by atoms with Gasteiger partial charge < -0.3 is 9.84 Å². The lowest BCUT2D eigenvalue weighted by Gasteiger charge is -2.02. The molecule has 9 nitrogen and oxygen atoms in total. The molecule has 4 aromatic rings. The van der Waals surface area contributed by atoms with Crippen molar-refractivity contribution < 1.29 is 9.32 Å². The minimum atomic E-state index is -0.0987. The maximum atomic E-state index is 11.9. The molecule has 1 N–H and O–H groups in total. The van der Waals surface area contributed by atoms with Gasteiger partial charge in [0.1, 0.15) is 0 Å². The quantitative estimate of drug-likeness (QED) is 0.554. The number of rotatable bonds is 6. The second-order valence-corrected chi connectivity index (χ2v) is 6.21. The molecule has 0 aliphatic rings. The molecule has 4 heterocycles. The van der Waals surface area contributed by atoms with Crippen molar-refractivity contribution in [3.63, 3.8) is 0 Å². The molecule has 0 aromatic carbocycles. The topological polar surface area (TPSA) is 112 Å². The van der Waals surface area contributed by atoms with Crippen LogP contribution in [0.1, 0.15) is 9.67 Å². The predicted molar refractivity (Wildman–Crippen MR) is 93.2 cm³/mol. The molecule has 1 amide bonds. The zero-order valence-electron chi connectivity index (χ0n) is 13.4. The number of thiophene rings is 1. The number of amides is 1. The van der Waals surface area contributed by atoms with Crippen molar-refractivity contribution in [3.05, 3.63) is 53.1 Å². The Morgan fingerprint density at radius 2 is 2.27 bits per heavy atom. The summed E-state index contributed by atoms with van der Waals surface area (Å²) in [5, 5.41) is 16.7.